The van der Waals surface area contributed by atoms with E-state index in [4.69, 9.17) is 15.8 Å². The number of nitrogens with two attached hydrogens (primary N) is 1. The molecule has 0 spiro atoms. The van der Waals surface area contributed by atoms with Gasteiger partial charge in [0.2, 0.25) is 0 Å². The molecule has 2 unspecified atom stereocenters. The minimum Gasteiger partial charge on any atom is -0.355 e. The van der Waals surface area contributed by atoms with E-state index in [0.29, 0.717) is 6.04 Å². The predicted molar refractivity (Wildman–Crippen MR) is 87.1 cm³/mol. The van der Waals surface area contributed by atoms with Gasteiger partial charge in [-0.2, -0.15) is 5.10 Å². The van der Waals surface area contributed by atoms with E-state index >= 15 is 0 Å². The van der Waals surface area contributed by atoms with Crippen LogP contribution in [0.25, 0.3) is 5.65 Å². The second-order valence-electron chi connectivity index (χ2n) is 6.62. The third kappa shape index (κ3) is 2.46. The molecule has 0 radical (unpaired) electrons. The molecule has 6 heteroatoms. The van der Waals surface area contributed by atoms with Gasteiger partial charge in [0.25, 0.3) is 0 Å². The van der Waals surface area contributed by atoms with Crippen molar-refractivity contribution in [2.75, 3.05) is 24.5 Å². The minimum absolute atomic E-state index is 0.268. The highest BCUT2D eigenvalue weighted by Gasteiger charge is 2.23. The summed E-state index contributed by atoms with van der Waals surface area (Å²) in [6.07, 6.45) is 6.84. The first-order valence-corrected chi connectivity index (χ1v) is 8.31. The molecule has 2 aliphatic rings. The number of rotatable bonds is 2. The molecular formula is C16H24N6. The summed E-state index contributed by atoms with van der Waals surface area (Å²) in [4.78, 5) is 7.15. The van der Waals surface area contributed by atoms with E-state index in [-0.39, 0.29) is 6.04 Å². The van der Waals surface area contributed by atoms with Crippen LogP contribution in [0.4, 0.5) is 5.82 Å². The number of nitrogens with zero attached hydrogens (tertiary/aromatic N) is 4. The number of aryl methyl sites for hydroxylation is 1. The fourth-order valence-corrected chi connectivity index (χ4v) is 3.59. The van der Waals surface area contributed by atoms with Gasteiger partial charge in [-0.3, -0.25) is 0 Å². The molecule has 2 aromatic rings. The van der Waals surface area contributed by atoms with Crippen LogP contribution in [0, 0.1) is 6.92 Å². The van der Waals surface area contributed by atoms with Crippen molar-refractivity contribution in [1.82, 2.24) is 19.9 Å². The standard InChI is InChI=1S/C16H24N6/c1-11-9-22-15(19-16(11)21-7-5-12(17)10-21)8-14(20-22)13-4-2-3-6-18-13/h8-9,12-13,18H,2-7,10,17H2,1H3. The maximum Gasteiger partial charge on any atom is 0.157 e. The molecule has 22 heavy (non-hydrogen) atoms. The quantitative estimate of drug-likeness (QED) is 0.877. The Hall–Kier alpha value is -1.66. The van der Waals surface area contributed by atoms with E-state index in [9.17, 15) is 0 Å². The Morgan fingerprint density at radius 3 is 2.95 bits per heavy atom. The van der Waals surface area contributed by atoms with E-state index in [1.807, 2.05) is 4.52 Å². The zero-order chi connectivity index (χ0) is 15.1. The average Bonchev–Trinajstić information content (AvgIpc) is 3.13. The molecule has 2 atom stereocenters. The van der Waals surface area contributed by atoms with Crippen molar-refractivity contribution < 1.29 is 0 Å². The predicted octanol–water partition coefficient (Wildman–Crippen LogP) is 1.39. The highest BCUT2D eigenvalue weighted by molar-refractivity contribution is 5.54. The molecule has 3 N–H and O–H groups in total. The molecule has 2 aliphatic heterocycles. The summed E-state index contributed by atoms with van der Waals surface area (Å²) < 4.78 is 1.92. The van der Waals surface area contributed by atoms with E-state index in [1.165, 1.54) is 12.8 Å². The Balaban J connectivity index is 1.67. The number of piperidine rings is 1. The van der Waals surface area contributed by atoms with Crippen molar-refractivity contribution in [1.29, 1.82) is 0 Å². The van der Waals surface area contributed by atoms with Gasteiger partial charge in [-0.05, 0) is 32.7 Å². The van der Waals surface area contributed by atoms with Gasteiger partial charge in [-0.25, -0.2) is 9.50 Å². The molecule has 6 nitrogen and oxygen atoms in total. The number of nitrogens with one attached hydrogen (secondary N) is 1. The van der Waals surface area contributed by atoms with Crippen LogP contribution in [0.5, 0.6) is 0 Å². The van der Waals surface area contributed by atoms with Crippen molar-refractivity contribution in [3.8, 4) is 0 Å². The largest absolute Gasteiger partial charge is 0.355 e. The number of hydrogen-bond acceptors (Lipinski definition) is 5. The molecule has 0 aromatic carbocycles. The first-order chi connectivity index (χ1) is 10.7. The minimum atomic E-state index is 0.268. The summed E-state index contributed by atoms with van der Waals surface area (Å²) in [6, 6.07) is 2.77. The lowest BCUT2D eigenvalue weighted by Gasteiger charge is -2.21. The topological polar surface area (TPSA) is 71.5 Å². The van der Waals surface area contributed by atoms with Crippen molar-refractivity contribution in [3.05, 3.63) is 23.5 Å². The van der Waals surface area contributed by atoms with Gasteiger partial charge in [0.15, 0.2) is 5.65 Å². The third-order valence-corrected chi connectivity index (χ3v) is 4.82. The monoisotopic (exact) mass is 300 g/mol. The lowest BCUT2D eigenvalue weighted by Crippen LogP contribution is -2.27. The van der Waals surface area contributed by atoms with Crippen LogP contribution in [0.3, 0.4) is 0 Å². The third-order valence-electron chi connectivity index (χ3n) is 4.82. The summed E-state index contributed by atoms with van der Waals surface area (Å²) in [7, 11) is 0. The molecule has 4 rings (SSSR count). The lowest BCUT2D eigenvalue weighted by atomic mass is 10.0. The molecule has 4 heterocycles. The van der Waals surface area contributed by atoms with E-state index in [0.717, 1.165) is 55.2 Å². The maximum atomic E-state index is 6.03. The number of aromatic nitrogens is 3. The first-order valence-electron chi connectivity index (χ1n) is 8.31. The zero-order valence-electron chi connectivity index (χ0n) is 13.1. The van der Waals surface area contributed by atoms with Gasteiger partial charge in [-0.15, -0.1) is 0 Å². The summed E-state index contributed by atoms with van der Waals surface area (Å²) in [6.45, 7) is 5.08. The fraction of sp³-hybridized carbons (Fsp3) is 0.625. The number of hydrogen-bond donors (Lipinski definition) is 2. The van der Waals surface area contributed by atoms with Gasteiger partial charge in [0.1, 0.15) is 5.82 Å². The summed E-state index contributed by atoms with van der Waals surface area (Å²) >= 11 is 0. The van der Waals surface area contributed by atoms with Crippen molar-refractivity contribution in [3.63, 3.8) is 0 Å². The number of anilines is 1. The Labute approximate surface area is 130 Å². The molecule has 0 aliphatic carbocycles. The van der Waals surface area contributed by atoms with E-state index in [1.54, 1.807) is 0 Å². The molecule has 2 aromatic heterocycles. The van der Waals surface area contributed by atoms with Crippen LogP contribution in [0.1, 0.15) is 43.0 Å². The molecule has 0 saturated carbocycles. The molecule has 0 bridgehead atoms. The highest BCUT2D eigenvalue weighted by Crippen LogP contribution is 2.26. The molecule has 118 valence electrons. The smallest absolute Gasteiger partial charge is 0.157 e. The second-order valence-corrected chi connectivity index (χ2v) is 6.62. The summed E-state index contributed by atoms with van der Waals surface area (Å²) in [5.74, 6) is 1.06. The van der Waals surface area contributed by atoms with E-state index < -0.39 is 0 Å². The second kappa shape index (κ2) is 5.52. The molecule has 2 saturated heterocycles. The van der Waals surface area contributed by atoms with Crippen LogP contribution in [-0.2, 0) is 0 Å². The molecule has 2 fully saturated rings. The van der Waals surface area contributed by atoms with Crippen molar-refractivity contribution in [2.45, 2.75) is 44.7 Å². The Morgan fingerprint density at radius 1 is 1.32 bits per heavy atom. The maximum absolute atomic E-state index is 6.03. The lowest BCUT2D eigenvalue weighted by molar-refractivity contribution is 0.404. The normalized spacial score (nSPS) is 26.0. The Bertz CT molecular complexity index is 673. The van der Waals surface area contributed by atoms with Gasteiger partial charge in [-0.1, -0.05) is 6.42 Å². The van der Waals surface area contributed by atoms with Crippen molar-refractivity contribution >= 4 is 11.5 Å². The zero-order valence-corrected chi connectivity index (χ0v) is 13.1. The van der Waals surface area contributed by atoms with E-state index in [2.05, 4.69) is 29.4 Å². The molecular weight excluding hydrogens is 276 g/mol. The average molecular weight is 300 g/mol. The van der Waals surface area contributed by atoms with Crippen LogP contribution in [0.2, 0.25) is 0 Å². The summed E-state index contributed by atoms with van der Waals surface area (Å²) in [5.41, 5.74) is 9.24. The van der Waals surface area contributed by atoms with Gasteiger partial charge in [0.05, 0.1) is 11.7 Å². The fourth-order valence-electron chi connectivity index (χ4n) is 3.59. The van der Waals surface area contributed by atoms with Crippen molar-refractivity contribution in [2.24, 2.45) is 5.73 Å². The highest BCUT2D eigenvalue weighted by atomic mass is 15.3. The van der Waals surface area contributed by atoms with Crippen LogP contribution >= 0.6 is 0 Å². The van der Waals surface area contributed by atoms with Gasteiger partial charge >= 0.3 is 0 Å². The number of fused-ring (bicyclic) bond motifs is 1. The summed E-state index contributed by atoms with van der Waals surface area (Å²) in [5, 5.41) is 8.28. The Morgan fingerprint density at radius 2 is 2.23 bits per heavy atom. The van der Waals surface area contributed by atoms with Gasteiger partial charge < -0.3 is 16.0 Å². The first kappa shape index (κ1) is 14.0. The Kier molecular flexibility index (Phi) is 3.50. The van der Waals surface area contributed by atoms with Crippen LogP contribution in [0.15, 0.2) is 12.3 Å². The van der Waals surface area contributed by atoms with Crippen LogP contribution in [-0.4, -0.2) is 40.3 Å². The van der Waals surface area contributed by atoms with Crippen LogP contribution < -0.4 is 16.0 Å². The molecule has 0 amide bonds. The van der Waals surface area contributed by atoms with Gasteiger partial charge in [0, 0.05) is 37.0 Å². The SMILES string of the molecule is Cc1cn2nc(C3CCCCN3)cc2nc1N1CCC(N)C1.